The van der Waals surface area contributed by atoms with E-state index in [-0.39, 0.29) is 11.9 Å². The van der Waals surface area contributed by atoms with Crippen LogP contribution in [0, 0.1) is 12.7 Å². The molecule has 0 fully saturated rings. The van der Waals surface area contributed by atoms with Crippen LogP contribution in [0.2, 0.25) is 0 Å². The Morgan fingerprint density at radius 3 is 3.05 bits per heavy atom. The Hall–Kier alpha value is -1.74. The quantitative estimate of drug-likeness (QED) is 0.911. The zero-order valence-corrected chi connectivity index (χ0v) is 11.0. The minimum atomic E-state index is -0.0733. The number of halogens is 1. The van der Waals surface area contributed by atoms with Gasteiger partial charge in [0.25, 0.3) is 0 Å². The molecule has 0 bridgehead atoms. The van der Waals surface area contributed by atoms with E-state index in [4.69, 9.17) is 0 Å². The van der Waals surface area contributed by atoms with E-state index in [9.17, 15) is 4.39 Å². The second-order valence-electron chi connectivity index (χ2n) is 5.05. The van der Waals surface area contributed by atoms with E-state index in [2.05, 4.69) is 23.3 Å². The Labute approximate surface area is 112 Å². The molecule has 1 N–H and O–H groups in total. The molecule has 1 aromatic carbocycles. The molecule has 1 heterocycles. The van der Waals surface area contributed by atoms with Crippen molar-refractivity contribution in [3.8, 4) is 0 Å². The smallest absolute Gasteiger partial charge is 0.126 e. The lowest BCUT2D eigenvalue weighted by Crippen LogP contribution is -2.20. The summed E-state index contributed by atoms with van der Waals surface area (Å²) in [5.74, 6) is -0.0733. The summed E-state index contributed by atoms with van der Waals surface area (Å²) in [6.45, 7) is 2.79. The highest BCUT2D eigenvalue weighted by atomic mass is 19.1. The highest BCUT2D eigenvalue weighted by Gasteiger charge is 2.24. The molecule has 3 heteroatoms. The first kappa shape index (κ1) is 12.3. The Morgan fingerprint density at radius 1 is 1.32 bits per heavy atom. The first-order chi connectivity index (χ1) is 9.25. The van der Waals surface area contributed by atoms with Crippen molar-refractivity contribution < 1.29 is 4.39 Å². The van der Waals surface area contributed by atoms with E-state index in [1.54, 1.807) is 12.1 Å². The number of pyridine rings is 1. The van der Waals surface area contributed by atoms with Crippen LogP contribution in [0.15, 0.2) is 36.5 Å². The molecule has 1 aromatic heterocycles. The normalized spacial score (nSPS) is 17.5. The van der Waals surface area contributed by atoms with Gasteiger partial charge in [-0.25, -0.2) is 4.39 Å². The van der Waals surface area contributed by atoms with E-state index in [1.165, 1.54) is 5.56 Å². The topological polar surface area (TPSA) is 24.9 Å². The first-order valence-corrected chi connectivity index (χ1v) is 6.67. The zero-order chi connectivity index (χ0) is 13.2. The average Bonchev–Trinajstić information content (AvgIpc) is 2.83. The van der Waals surface area contributed by atoms with Gasteiger partial charge in [0.15, 0.2) is 0 Å². The molecule has 0 saturated heterocycles. The molecule has 19 heavy (non-hydrogen) atoms. The summed E-state index contributed by atoms with van der Waals surface area (Å²) >= 11 is 0. The molecule has 3 rings (SSSR count). The van der Waals surface area contributed by atoms with Crippen LogP contribution >= 0.6 is 0 Å². The van der Waals surface area contributed by atoms with Gasteiger partial charge in [-0.05, 0) is 48.6 Å². The van der Waals surface area contributed by atoms with Crippen molar-refractivity contribution in [3.63, 3.8) is 0 Å². The fraction of sp³-hybridized carbons (Fsp3) is 0.312. The number of hydrogen-bond acceptors (Lipinski definition) is 2. The zero-order valence-electron chi connectivity index (χ0n) is 11.0. The highest BCUT2D eigenvalue weighted by Crippen LogP contribution is 2.32. The van der Waals surface area contributed by atoms with Crippen LogP contribution in [0.25, 0.3) is 0 Å². The molecule has 0 saturated carbocycles. The monoisotopic (exact) mass is 256 g/mol. The summed E-state index contributed by atoms with van der Waals surface area (Å²) in [6, 6.07) is 9.61. The SMILES string of the molecule is Cc1cccnc1CNC1CCc2c(F)cccc21. The molecule has 2 nitrogen and oxygen atoms in total. The number of aryl methyl sites for hydroxylation is 1. The maximum Gasteiger partial charge on any atom is 0.126 e. The van der Waals surface area contributed by atoms with Crippen LogP contribution in [0.1, 0.15) is 34.8 Å². The molecule has 0 aliphatic heterocycles. The Morgan fingerprint density at radius 2 is 2.21 bits per heavy atom. The summed E-state index contributed by atoms with van der Waals surface area (Å²) in [4.78, 5) is 4.38. The van der Waals surface area contributed by atoms with Crippen LogP contribution < -0.4 is 5.32 Å². The van der Waals surface area contributed by atoms with Crippen LogP contribution in [-0.4, -0.2) is 4.98 Å². The molecule has 0 spiro atoms. The van der Waals surface area contributed by atoms with E-state index < -0.39 is 0 Å². The summed E-state index contributed by atoms with van der Waals surface area (Å²) in [7, 11) is 0. The van der Waals surface area contributed by atoms with Crippen molar-refractivity contribution in [2.24, 2.45) is 0 Å². The van der Waals surface area contributed by atoms with E-state index >= 15 is 0 Å². The second kappa shape index (κ2) is 5.10. The van der Waals surface area contributed by atoms with Gasteiger partial charge in [0.2, 0.25) is 0 Å². The van der Waals surface area contributed by atoms with Crippen molar-refractivity contribution >= 4 is 0 Å². The van der Waals surface area contributed by atoms with Crippen LogP contribution in [0.3, 0.4) is 0 Å². The highest BCUT2D eigenvalue weighted by molar-refractivity contribution is 5.35. The van der Waals surface area contributed by atoms with Crippen molar-refractivity contribution in [1.29, 1.82) is 0 Å². The van der Waals surface area contributed by atoms with E-state index in [0.717, 1.165) is 36.2 Å². The molecule has 2 aromatic rings. The Bertz CT molecular complexity index is 595. The number of aromatic nitrogens is 1. The van der Waals surface area contributed by atoms with Crippen molar-refractivity contribution in [3.05, 3.63) is 64.7 Å². The molecule has 98 valence electrons. The van der Waals surface area contributed by atoms with Crippen molar-refractivity contribution in [2.75, 3.05) is 0 Å². The molecule has 0 amide bonds. The van der Waals surface area contributed by atoms with Gasteiger partial charge in [-0.3, -0.25) is 4.98 Å². The van der Waals surface area contributed by atoms with Crippen LogP contribution in [0.4, 0.5) is 4.39 Å². The Balaban J connectivity index is 1.74. The van der Waals surface area contributed by atoms with Gasteiger partial charge >= 0.3 is 0 Å². The van der Waals surface area contributed by atoms with Gasteiger partial charge < -0.3 is 5.32 Å². The minimum absolute atomic E-state index is 0.0733. The number of nitrogens with zero attached hydrogens (tertiary/aromatic N) is 1. The number of hydrogen-bond donors (Lipinski definition) is 1. The second-order valence-corrected chi connectivity index (χ2v) is 5.05. The average molecular weight is 256 g/mol. The molecular weight excluding hydrogens is 239 g/mol. The molecular formula is C16H17FN2. The van der Waals surface area contributed by atoms with Gasteiger partial charge in [0.1, 0.15) is 5.82 Å². The van der Waals surface area contributed by atoms with Gasteiger partial charge in [0, 0.05) is 18.8 Å². The maximum atomic E-state index is 13.7. The summed E-state index contributed by atoms with van der Waals surface area (Å²) in [5, 5.41) is 3.49. The molecule has 1 atom stereocenters. The Kier molecular flexibility index (Phi) is 3.30. The van der Waals surface area contributed by atoms with E-state index in [0.29, 0.717) is 0 Å². The third kappa shape index (κ3) is 2.38. The molecule has 1 aliphatic rings. The fourth-order valence-corrected chi connectivity index (χ4v) is 2.75. The predicted molar refractivity (Wildman–Crippen MR) is 73.3 cm³/mol. The van der Waals surface area contributed by atoms with Gasteiger partial charge in [0.05, 0.1) is 5.69 Å². The van der Waals surface area contributed by atoms with Gasteiger partial charge in [-0.15, -0.1) is 0 Å². The molecule has 0 radical (unpaired) electrons. The number of rotatable bonds is 3. The molecule has 1 aliphatic carbocycles. The third-order valence-electron chi connectivity index (χ3n) is 3.85. The standard InChI is InChI=1S/C16H17FN2/c1-11-4-3-9-18-16(11)10-19-15-8-7-12-13(15)5-2-6-14(12)17/h2-6,9,15,19H,7-8,10H2,1H3. The van der Waals surface area contributed by atoms with Crippen LogP contribution in [0.5, 0.6) is 0 Å². The van der Waals surface area contributed by atoms with Gasteiger partial charge in [-0.2, -0.15) is 0 Å². The number of fused-ring (bicyclic) bond motifs is 1. The lowest BCUT2D eigenvalue weighted by molar-refractivity contribution is 0.524. The summed E-state index contributed by atoms with van der Waals surface area (Å²) in [5.41, 5.74) is 4.23. The van der Waals surface area contributed by atoms with Crippen molar-refractivity contribution in [1.82, 2.24) is 10.3 Å². The van der Waals surface area contributed by atoms with Crippen molar-refractivity contribution in [2.45, 2.75) is 32.4 Å². The van der Waals surface area contributed by atoms with Crippen LogP contribution in [-0.2, 0) is 13.0 Å². The number of benzene rings is 1. The summed E-state index contributed by atoms with van der Waals surface area (Å²) < 4.78 is 13.7. The first-order valence-electron chi connectivity index (χ1n) is 6.67. The fourth-order valence-electron chi connectivity index (χ4n) is 2.75. The lowest BCUT2D eigenvalue weighted by Gasteiger charge is -2.14. The number of nitrogens with one attached hydrogen (secondary N) is 1. The largest absolute Gasteiger partial charge is 0.304 e. The summed E-state index contributed by atoms with van der Waals surface area (Å²) in [6.07, 6.45) is 3.59. The van der Waals surface area contributed by atoms with Gasteiger partial charge in [-0.1, -0.05) is 18.2 Å². The van der Waals surface area contributed by atoms with E-state index in [1.807, 2.05) is 18.3 Å². The third-order valence-corrected chi connectivity index (χ3v) is 3.85. The minimum Gasteiger partial charge on any atom is -0.304 e. The maximum absolute atomic E-state index is 13.7. The lowest BCUT2D eigenvalue weighted by atomic mass is 10.1. The predicted octanol–water partition coefficient (Wildman–Crippen LogP) is 3.31. The molecule has 1 unspecified atom stereocenters.